The number of benzene rings is 1. The molecule has 1 atom stereocenters. The van der Waals surface area contributed by atoms with E-state index < -0.39 is 5.60 Å². The molecular weight excluding hydrogens is 256 g/mol. The van der Waals surface area contributed by atoms with Gasteiger partial charge in [0.25, 0.3) is 0 Å². The standard InChI is InChI=1S/C16H14O4/c1-16(19)12-7-3-2-6-11(12)14(18)15-13(16)10(9-20-15)5-4-8-17/h2-7,9,17,19H,8H2,1H3. The summed E-state index contributed by atoms with van der Waals surface area (Å²) in [5.74, 6) is -0.0722. The zero-order valence-electron chi connectivity index (χ0n) is 11.0. The number of carbonyl (C=O) groups is 1. The summed E-state index contributed by atoms with van der Waals surface area (Å²) in [5.41, 5.74) is 0.768. The van der Waals surface area contributed by atoms with Gasteiger partial charge in [0, 0.05) is 16.7 Å². The highest BCUT2D eigenvalue weighted by Gasteiger charge is 2.42. The smallest absolute Gasteiger partial charge is 0.229 e. The zero-order valence-corrected chi connectivity index (χ0v) is 11.0. The SMILES string of the molecule is CC1(O)c2ccccc2C(=O)c2occ(C=CCO)c21. The van der Waals surface area contributed by atoms with E-state index in [1.54, 1.807) is 37.3 Å². The average molecular weight is 270 g/mol. The Hall–Kier alpha value is -2.17. The Kier molecular flexibility index (Phi) is 2.85. The van der Waals surface area contributed by atoms with Crippen molar-refractivity contribution in [2.45, 2.75) is 12.5 Å². The molecule has 4 heteroatoms. The Morgan fingerprint density at radius 1 is 1.35 bits per heavy atom. The highest BCUT2D eigenvalue weighted by molar-refractivity contribution is 6.11. The van der Waals surface area contributed by atoms with E-state index in [1.165, 1.54) is 12.3 Å². The van der Waals surface area contributed by atoms with Gasteiger partial charge in [0.1, 0.15) is 5.60 Å². The Labute approximate surface area is 116 Å². The van der Waals surface area contributed by atoms with Gasteiger partial charge in [0.05, 0.1) is 12.9 Å². The summed E-state index contributed by atoms with van der Waals surface area (Å²) < 4.78 is 5.35. The van der Waals surface area contributed by atoms with E-state index in [4.69, 9.17) is 9.52 Å². The van der Waals surface area contributed by atoms with E-state index in [9.17, 15) is 9.90 Å². The molecule has 102 valence electrons. The molecule has 0 amide bonds. The minimum Gasteiger partial charge on any atom is -0.460 e. The molecule has 0 saturated heterocycles. The van der Waals surface area contributed by atoms with Crippen LogP contribution in [0.2, 0.25) is 0 Å². The van der Waals surface area contributed by atoms with E-state index in [-0.39, 0.29) is 18.2 Å². The van der Waals surface area contributed by atoms with Gasteiger partial charge < -0.3 is 14.6 Å². The molecule has 1 heterocycles. The zero-order chi connectivity index (χ0) is 14.3. The van der Waals surface area contributed by atoms with Crippen LogP contribution < -0.4 is 0 Å². The van der Waals surface area contributed by atoms with Crippen molar-refractivity contribution in [3.63, 3.8) is 0 Å². The fourth-order valence-electron chi connectivity index (χ4n) is 2.71. The minimum absolute atomic E-state index is 0.118. The first-order valence-electron chi connectivity index (χ1n) is 6.33. The Balaban J connectivity index is 2.26. The van der Waals surface area contributed by atoms with Crippen LogP contribution in [0.25, 0.3) is 6.08 Å². The van der Waals surface area contributed by atoms with Crippen LogP contribution in [0.4, 0.5) is 0 Å². The molecule has 1 unspecified atom stereocenters. The molecule has 2 N–H and O–H groups in total. The molecule has 1 aliphatic rings. The van der Waals surface area contributed by atoms with Crippen LogP contribution in [0.5, 0.6) is 0 Å². The first-order chi connectivity index (χ1) is 9.57. The number of ketones is 1. The third kappa shape index (κ3) is 1.66. The fraction of sp³-hybridized carbons (Fsp3) is 0.188. The molecule has 1 aromatic carbocycles. The number of hydrogen-bond donors (Lipinski definition) is 2. The van der Waals surface area contributed by atoms with Crippen LogP contribution >= 0.6 is 0 Å². The predicted molar refractivity (Wildman–Crippen MR) is 73.4 cm³/mol. The number of carbonyl (C=O) groups excluding carboxylic acids is 1. The summed E-state index contributed by atoms with van der Waals surface area (Å²) in [7, 11) is 0. The Morgan fingerprint density at radius 3 is 2.85 bits per heavy atom. The molecule has 0 fully saturated rings. The topological polar surface area (TPSA) is 70.7 Å². The van der Waals surface area contributed by atoms with Crippen LogP contribution in [0, 0.1) is 0 Å². The fourth-order valence-corrected chi connectivity index (χ4v) is 2.71. The molecule has 1 aromatic heterocycles. The van der Waals surface area contributed by atoms with E-state index in [0.29, 0.717) is 22.3 Å². The van der Waals surface area contributed by atoms with Gasteiger partial charge in [-0.05, 0) is 12.5 Å². The van der Waals surface area contributed by atoms with Crippen molar-refractivity contribution >= 4 is 11.9 Å². The maximum atomic E-state index is 12.4. The van der Waals surface area contributed by atoms with Crippen molar-refractivity contribution < 1.29 is 19.4 Å². The summed E-state index contributed by atoms with van der Waals surface area (Å²) in [6, 6.07) is 6.96. The first-order valence-corrected chi connectivity index (χ1v) is 6.33. The second-order valence-electron chi connectivity index (χ2n) is 4.93. The van der Waals surface area contributed by atoms with Crippen molar-refractivity contribution in [3.05, 3.63) is 64.6 Å². The quantitative estimate of drug-likeness (QED) is 0.876. The average Bonchev–Trinajstić information content (AvgIpc) is 2.88. The number of aliphatic hydroxyl groups is 2. The second kappa shape index (κ2) is 4.44. The number of furan rings is 1. The molecular formula is C16H14O4. The lowest BCUT2D eigenvalue weighted by molar-refractivity contribution is 0.0830. The van der Waals surface area contributed by atoms with Gasteiger partial charge in [-0.15, -0.1) is 0 Å². The molecule has 4 nitrogen and oxygen atoms in total. The molecule has 0 radical (unpaired) electrons. The highest BCUT2D eigenvalue weighted by Crippen LogP contribution is 2.42. The molecule has 2 aromatic rings. The van der Waals surface area contributed by atoms with E-state index in [0.717, 1.165) is 0 Å². The number of aliphatic hydroxyl groups excluding tert-OH is 1. The molecule has 0 bridgehead atoms. The van der Waals surface area contributed by atoms with Crippen molar-refractivity contribution in [3.8, 4) is 0 Å². The highest BCUT2D eigenvalue weighted by atomic mass is 16.3. The lowest BCUT2D eigenvalue weighted by Gasteiger charge is -2.30. The van der Waals surface area contributed by atoms with Crippen LogP contribution in [0.3, 0.4) is 0 Å². The van der Waals surface area contributed by atoms with Gasteiger partial charge in [-0.25, -0.2) is 0 Å². The van der Waals surface area contributed by atoms with Crippen molar-refractivity contribution in [2.75, 3.05) is 6.61 Å². The lowest BCUT2D eigenvalue weighted by Crippen LogP contribution is -2.32. The molecule has 0 spiro atoms. The second-order valence-corrected chi connectivity index (χ2v) is 4.93. The largest absolute Gasteiger partial charge is 0.460 e. The third-order valence-electron chi connectivity index (χ3n) is 3.61. The molecule has 0 aliphatic heterocycles. The molecule has 3 rings (SSSR count). The molecule has 20 heavy (non-hydrogen) atoms. The molecule has 1 aliphatic carbocycles. The lowest BCUT2D eigenvalue weighted by atomic mass is 9.77. The van der Waals surface area contributed by atoms with Gasteiger partial charge >= 0.3 is 0 Å². The van der Waals surface area contributed by atoms with Gasteiger partial charge in [-0.1, -0.05) is 36.4 Å². The summed E-state index contributed by atoms with van der Waals surface area (Å²) in [6.07, 6.45) is 4.60. The monoisotopic (exact) mass is 270 g/mol. The van der Waals surface area contributed by atoms with Crippen LogP contribution in [-0.2, 0) is 5.60 Å². The third-order valence-corrected chi connectivity index (χ3v) is 3.61. The van der Waals surface area contributed by atoms with Gasteiger partial charge in [0.15, 0.2) is 5.76 Å². The number of rotatable bonds is 2. The summed E-state index contributed by atoms with van der Waals surface area (Å²) in [6.45, 7) is 1.52. The maximum absolute atomic E-state index is 12.4. The van der Waals surface area contributed by atoms with Crippen molar-refractivity contribution in [1.29, 1.82) is 0 Å². The number of hydrogen-bond acceptors (Lipinski definition) is 4. The predicted octanol–water partition coefficient (Wildman–Crippen LogP) is 2.09. The van der Waals surface area contributed by atoms with E-state index in [2.05, 4.69) is 0 Å². The summed E-state index contributed by atoms with van der Waals surface area (Å²) in [4.78, 5) is 12.4. The molecule has 0 saturated carbocycles. The van der Waals surface area contributed by atoms with E-state index in [1.807, 2.05) is 0 Å². The normalized spacial score (nSPS) is 21.1. The summed E-state index contributed by atoms with van der Waals surface area (Å²) >= 11 is 0. The van der Waals surface area contributed by atoms with Gasteiger partial charge in [-0.3, -0.25) is 4.79 Å². The Morgan fingerprint density at radius 2 is 2.10 bits per heavy atom. The first kappa shape index (κ1) is 12.8. The minimum atomic E-state index is -1.30. The van der Waals surface area contributed by atoms with Crippen molar-refractivity contribution in [1.82, 2.24) is 0 Å². The van der Waals surface area contributed by atoms with Crippen molar-refractivity contribution in [2.24, 2.45) is 0 Å². The Bertz CT molecular complexity index is 707. The maximum Gasteiger partial charge on any atom is 0.229 e. The van der Waals surface area contributed by atoms with Crippen LogP contribution in [0.1, 0.15) is 39.7 Å². The van der Waals surface area contributed by atoms with Crippen LogP contribution in [-0.4, -0.2) is 22.6 Å². The van der Waals surface area contributed by atoms with Gasteiger partial charge in [-0.2, -0.15) is 0 Å². The van der Waals surface area contributed by atoms with Gasteiger partial charge in [0.2, 0.25) is 5.78 Å². The van der Waals surface area contributed by atoms with E-state index >= 15 is 0 Å². The number of fused-ring (bicyclic) bond motifs is 2. The summed E-state index contributed by atoms with van der Waals surface area (Å²) in [5, 5.41) is 19.7. The van der Waals surface area contributed by atoms with Crippen LogP contribution in [0.15, 0.2) is 41.0 Å².